The molecule has 3 heterocycles. The van der Waals surface area contributed by atoms with Crippen molar-refractivity contribution < 1.29 is 13.9 Å². The number of halogens is 1. The molecule has 3 aromatic carbocycles. The molecular weight excluding hydrogens is 528 g/mol. The summed E-state index contributed by atoms with van der Waals surface area (Å²) < 4.78 is 14.5. The molecule has 0 bridgehead atoms. The molecule has 0 fully saturated rings. The zero-order valence-electron chi connectivity index (χ0n) is 22.1. The highest BCUT2D eigenvalue weighted by molar-refractivity contribution is 6.31. The second kappa shape index (κ2) is 10.1. The molecule has 9 heteroatoms. The lowest BCUT2D eigenvalue weighted by molar-refractivity contribution is -0.146. The SMILES string of the molecule is CCOC(=O)[C@H](C)n1c(C)c(C=Nn2c(-c3cc4cc(Cl)ccc4o3)nc3ccccc3c2=O)c2ccccc21. The van der Waals surface area contributed by atoms with Gasteiger partial charge in [0.25, 0.3) is 5.56 Å². The molecule has 0 amide bonds. The Morgan fingerprint density at radius 3 is 2.65 bits per heavy atom. The lowest BCUT2D eigenvalue weighted by atomic mass is 10.1. The van der Waals surface area contributed by atoms with Gasteiger partial charge in [0, 0.05) is 32.6 Å². The van der Waals surface area contributed by atoms with Gasteiger partial charge in [0.2, 0.25) is 5.82 Å². The van der Waals surface area contributed by atoms with Crippen LogP contribution >= 0.6 is 11.6 Å². The number of ether oxygens (including phenoxy) is 1. The normalized spacial score (nSPS) is 12.6. The Morgan fingerprint density at radius 2 is 1.85 bits per heavy atom. The summed E-state index contributed by atoms with van der Waals surface area (Å²) in [6.07, 6.45) is 1.63. The van der Waals surface area contributed by atoms with Crippen LogP contribution in [-0.2, 0) is 9.53 Å². The minimum Gasteiger partial charge on any atom is -0.464 e. The number of esters is 1. The van der Waals surface area contributed by atoms with Gasteiger partial charge in [-0.2, -0.15) is 9.78 Å². The van der Waals surface area contributed by atoms with Crippen LogP contribution in [0, 0.1) is 6.92 Å². The quantitative estimate of drug-likeness (QED) is 0.169. The van der Waals surface area contributed by atoms with Crippen LogP contribution in [0.15, 0.2) is 87.1 Å². The van der Waals surface area contributed by atoms with Gasteiger partial charge in [0.05, 0.1) is 23.7 Å². The van der Waals surface area contributed by atoms with E-state index >= 15 is 0 Å². The molecule has 1 atom stereocenters. The molecule has 0 saturated heterocycles. The predicted octanol–water partition coefficient (Wildman–Crippen LogP) is 6.73. The van der Waals surface area contributed by atoms with Gasteiger partial charge >= 0.3 is 5.97 Å². The average molecular weight is 553 g/mol. The summed E-state index contributed by atoms with van der Waals surface area (Å²) in [6.45, 7) is 5.81. The Labute approximate surface area is 234 Å². The average Bonchev–Trinajstić information content (AvgIpc) is 3.50. The van der Waals surface area contributed by atoms with Crippen molar-refractivity contribution in [1.82, 2.24) is 14.2 Å². The fraction of sp³-hybridized carbons (Fsp3) is 0.161. The first-order valence-electron chi connectivity index (χ1n) is 12.9. The van der Waals surface area contributed by atoms with Crippen molar-refractivity contribution in [1.29, 1.82) is 0 Å². The second-order valence-electron chi connectivity index (χ2n) is 9.42. The van der Waals surface area contributed by atoms with Gasteiger partial charge in [-0.1, -0.05) is 41.9 Å². The molecule has 0 spiro atoms. The van der Waals surface area contributed by atoms with Crippen molar-refractivity contribution in [3.05, 3.63) is 99.4 Å². The molecule has 0 N–H and O–H groups in total. The summed E-state index contributed by atoms with van der Waals surface area (Å²) in [4.78, 5) is 31.1. The third-order valence-electron chi connectivity index (χ3n) is 6.97. The summed E-state index contributed by atoms with van der Waals surface area (Å²) in [5.41, 5.74) is 3.26. The molecule has 0 aliphatic rings. The second-order valence-corrected chi connectivity index (χ2v) is 9.86. The molecule has 8 nitrogen and oxygen atoms in total. The summed E-state index contributed by atoms with van der Waals surface area (Å²) in [6, 6.07) is 21.4. The topological polar surface area (TPSA) is 91.6 Å². The maximum atomic E-state index is 13.7. The Balaban J connectivity index is 1.55. The van der Waals surface area contributed by atoms with Crippen molar-refractivity contribution in [3.8, 4) is 11.6 Å². The van der Waals surface area contributed by atoms with Crippen LogP contribution in [0.4, 0.5) is 0 Å². The smallest absolute Gasteiger partial charge is 0.328 e. The number of nitrogens with zero attached hydrogens (tertiary/aromatic N) is 4. The highest BCUT2D eigenvalue weighted by Gasteiger charge is 2.23. The summed E-state index contributed by atoms with van der Waals surface area (Å²) in [5.74, 6) is 0.318. The first-order valence-corrected chi connectivity index (χ1v) is 13.3. The van der Waals surface area contributed by atoms with Crippen LogP contribution < -0.4 is 5.56 Å². The van der Waals surface area contributed by atoms with Gasteiger partial charge in [-0.05, 0) is 63.2 Å². The van der Waals surface area contributed by atoms with Crippen LogP contribution in [0.5, 0.6) is 0 Å². The standard InChI is InChI=1S/C31H25ClN4O4/c1-4-39-31(38)19(3)35-18(2)24(22-9-6-8-12-26(22)35)17-33-36-29(34-25-11-7-5-10-23(25)30(36)37)28-16-20-15-21(32)13-14-27(20)40-28/h5-17,19H,4H2,1-3H3/t19-/m0/s1. The third kappa shape index (κ3) is 4.26. The van der Waals surface area contributed by atoms with Gasteiger partial charge in [0.1, 0.15) is 11.6 Å². The van der Waals surface area contributed by atoms with E-state index < -0.39 is 6.04 Å². The van der Waals surface area contributed by atoms with E-state index in [-0.39, 0.29) is 17.4 Å². The number of carbonyl (C=O) groups excluding carboxylic acids is 1. The predicted molar refractivity (Wildman–Crippen MR) is 157 cm³/mol. The van der Waals surface area contributed by atoms with Crippen molar-refractivity contribution in [2.75, 3.05) is 6.61 Å². The van der Waals surface area contributed by atoms with Gasteiger partial charge < -0.3 is 13.7 Å². The van der Waals surface area contributed by atoms with Gasteiger partial charge in [0.15, 0.2) is 5.76 Å². The molecule has 0 aliphatic heterocycles. The number of fused-ring (bicyclic) bond motifs is 3. The molecule has 6 aromatic rings. The molecule has 0 aliphatic carbocycles. The largest absolute Gasteiger partial charge is 0.464 e. The van der Waals surface area contributed by atoms with Crippen molar-refractivity contribution in [2.45, 2.75) is 26.8 Å². The van der Waals surface area contributed by atoms with Gasteiger partial charge in [-0.3, -0.25) is 4.79 Å². The number of para-hydroxylation sites is 2. The number of hydrogen-bond acceptors (Lipinski definition) is 6. The molecule has 40 heavy (non-hydrogen) atoms. The molecule has 200 valence electrons. The van der Waals surface area contributed by atoms with Gasteiger partial charge in [-0.15, -0.1) is 0 Å². The van der Waals surface area contributed by atoms with Crippen LogP contribution in [-0.4, -0.2) is 33.0 Å². The summed E-state index contributed by atoms with van der Waals surface area (Å²) in [7, 11) is 0. The Morgan fingerprint density at radius 1 is 1.10 bits per heavy atom. The minimum absolute atomic E-state index is 0.258. The van der Waals surface area contributed by atoms with Crippen molar-refractivity contribution in [2.24, 2.45) is 5.10 Å². The van der Waals surface area contributed by atoms with Crippen LogP contribution in [0.2, 0.25) is 5.02 Å². The Bertz CT molecular complexity index is 2020. The number of hydrogen-bond donors (Lipinski definition) is 0. The third-order valence-corrected chi connectivity index (χ3v) is 7.21. The van der Waals surface area contributed by atoms with E-state index in [1.165, 1.54) is 4.68 Å². The van der Waals surface area contributed by atoms with Crippen molar-refractivity contribution >= 4 is 56.6 Å². The summed E-state index contributed by atoms with van der Waals surface area (Å²) >= 11 is 6.18. The highest BCUT2D eigenvalue weighted by Crippen LogP contribution is 2.31. The van der Waals surface area contributed by atoms with E-state index in [1.54, 1.807) is 55.6 Å². The fourth-order valence-corrected chi connectivity index (χ4v) is 5.26. The van der Waals surface area contributed by atoms with E-state index in [0.29, 0.717) is 33.9 Å². The van der Waals surface area contributed by atoms with Crippen molar-refractivity contribution in [3.63, 3.8) is 0 Å². The number of rotatable bonds is 6. The number of aromatic nitrogens is 3. The number of carbonyl (C=O) groups is 1. The maximum absolute atomic E-state index is 13.7. The van der Waals surface area contributed by atoms with E-state index in [2.05, 4.69) is 5.10 Å². The molecule has 0 radical (unpaired) electrons. The molecular formula is C31H25ClN4O4. The maximum Gasteiger partial charge on any atom is 0.328 e. The Kier molecular flexibility index (Phi) is 6.48. The fourth-order valence-electron chi connectivity index (χ4n) is 5.08. The van der Waals surface area contributed by atoms with Crippen LogP contribution in [0.1, 0.15) is 31.1 Å². The van der Waals surface area contributed by atoms with E-state index in [9.17, 15) is 9.59 Å². The van der Waals surface area contributed by atoms with Gasteiger partial charge in [-0.25, -0.2) is 9.78 Å². The molecule has 6 rings (SSSR count). The molecule has 0 unspecified atom stereocenters. The Hall–Kier alpha value is -4.69. The lowest BCUT2D eigenvalue weighted by Crippen LogP contribution is -2.21. The van der Waals surface area contributed by atoms with E-state index in [0.717, 1.165) is 27.5 Å². The van der Waals surface area contributed by atoms with Crippen LogP contribution in [0.3, 0.4) is 0 Å². The first kappa shape index (κ1) is 25.6. The molecule has 0 saturated carbocycles. The number of benzene rings is 3. The zero-order valence-corrected chi connectivity index (χ0v) is 22.8. The lowest BCUT2D eigenvalue weighted by Gasteiger charge is -2.16. The first-order chi connectivity index (χ1) is 19.4. The van der Waals surface area contributed by atoms with E-state index in [4.69, 9.17) is 25.7 Å². The zero-order chi connectivity index (χ0) is 28.0. The number of furan rings is 1. The minimum atomic E-state index is -0.546. The molecule has 3 aromatic heterocycles. The monoisotopic (exact) mass is 552 g/mol. The highest BCUT2D eigenvalue weighted by atomic mass is 35.5. The summed E-state index contributed by atoms with van der Waals surface area (Å²) in [5, 5.41) is 7.33. The van der Waals surface area contributed by atoms with Crippen LogP contribution in [0.25, 0.3) is 44.4 Å². The van der Waals surface area contributed by atoms with E-state index in [1.807, 2.05) is 48.7 Å².